The van der Waals surface area contributed by atoms with Gasteiger partial charge in [0.1, 0.15) is 0 Å². The Labute approximate surface area is 191 Å². The minimum atomic E-state index is -3.54. The van der Waals surface area contributed by atoms with Crippen molar-refractivity contribution in [3.05, 3.63) is 53.1 Å². The molecule has 0 unspecified atom stereocenters. The molecular formula is C20H23Cl2N3O3S2. The molecule has 10 heteroatoms. The molecular weight excluding hydrogens is 465 g/mol. The highest BCUT2D eigenvalue weighted by atomic mass is 35.5. The number of sulfone groups is 1. The Morgan fingerprint density at radius 2 is 1.83 bits per heavy atom. The number of halogens is 2. The highest BCUT2D eigenvalue weighted by Gasteiger charge is 2.27. The van der Waals surface area contributed by atoms with Crippen LogP contribution in [-0.2, 0) is 9.84 Å². The molecule has 0 N–H and O–H groups in total. The summed E-state index contributed by atoms with van der Waals surface area (Å²) in [5, 5.41) is 1.11. The molecule has 1 aromatic heterocycles. The van der Waals surface area contributed by atoms with Crippen LogP contribution >= 0.6 is 35.3 Å². The predicted octanol–water partition coefficient (Wildman–Crippen LogP) is 4.37. The summed E-state index contributed by atoms with van der Waals surface area (Å²) in [5.41, 5.74) is 0.900. The van der Waals surface area contributed by atoms with Crippen molar-refractivity contribution in [3.8, 4) is 0 Å². The molecule has 0 aliphatic heterocycles. The van der Waals surface area contributed by atoms with Gasteiger partial charge in [-0.3, -0.25) is 9.69 Å². The summed E-state index contributed by atoms with van der Waals surface area (Å²) in [6.07, 6.45) is 0. The van der Waals surface area contributed by atoms with E-state index in [2.05, 4.69) is 4.98 Å². The van der Waals surface area contributed by atoms with Crippen molar-refractivity contribution in [1.82, 2.24) is 9.88 Å². The summed E-state index contributed by atoms with van der Waals surface area (Å²) in [7, 11) is 0.282. The molecule has 6 nitrogen and oxygen atoms in total. The number of likely N-dealkylation sites (N-methyl/N-ethyl adjacent to an activating group) is 1. The molecule has 1 heterocycles. The number of benzene rings is 2. The molecule has 0 spiro atoms. The van der Waals surface area contributed by atoms with Gasteiger partial charge in [-0.05, 0) is 44.4 Å². The first kappa shape index (κ1) is 24.6. The lowest BCUT2D eigenvalue weighted by atomic mass is 10.2. The summed E-state index contributed by atoms with van der Waals surface area (Å²) in [4.78, 5) is 21.6. The summed E-state index contributed by atoms with van der Waals surface area (Å²) >= 11 is 7.44. The zero-order valence-corrected chi connectivity index (χ0v) is 20.0. The smallest absolute Gasteiger partial charge is 0.261 e. The molecule has 30 heavy (non-hydrogen) atoms. The van der Waals surface area contributed by atoms with Crippen molar-refractivity contribution in [2.45, 2.75) is 11.8 Å². The molecule has 0 aliphatic carbocycles. The monoisotopic (exact) mass is 487 g/mol. The Bertz CT molecular complexity index is 1150. The number of carbonyl (C=O) groups is 1. The van der Waals surface area contributed by atoms with E-state index in [-0.39, 0.29) is 34.5 Å². The third-order valence-electron chi connectivity index (χ3n) is 4.42. The largest absolute Gasteiger partial charge is 0.308 e. The van der Waals surface area contributed by atoms with Crippen molar-refractivity contribution in [3.63, 3.8) is 0 Å². The number of thiazole rings is 1. The average Bonchev–Trinajstić information content (AvgIpc) is 3.10. The summed E-state index contributed by atoms with van der Waals surface area (Å²) < 4.78 is 25.9. The summed E-state index contributed by atoms with van der Waals surface area (Å²) in [6.45, 7) is 2.54. The third-order valence-corrected chi connectivity index (χ3v) is 7.48. The molecule has 0 fully saturated rings. The van der Waals surface area contributed by atoms with Gasteiger partial charge in [0.25, 0.3) is 5.91 Å². The molecule has 0 atom stereocenters. The SMILES string of the molecule is CCS(=O)(=O)c1ccccc1C(=O)N(CCN(C)C)c1nc2ccc(Cl)cc2s1.Cl. The zero-order chi connectivity index (χ0) is 21.2. The number of rotatable bonds is 7. The normalized spacial score (nSPS) is 11.5. The Morgan fingerprint density at radius 1 is 1.13 bits per heavy atom. The molecule has 1 amide bonds. The molecule has 0 saturated carbocycles. The number of carbonyl (C=O) groups excluding carboxylic acids is 1. The van der Waals surface area contributed by atoms with E-state index in [9.17, 15) is 13.2 Å². The molecule has 0 saturated heterocycles. The fourth-order valence-electron chi connectivity index (χ4n) is 2.80. The van der Waals surface area contributed by atoms with Gasteiger partial charge in [0, 0.05) is 18.1 Å². The van der Waals surface area contributed by atoms with Crippen LogP contribution in [0.5, 0.6) is 0 Å². The molecule has 2 aromatic carbocycles. The molecule has 3 rings (SSSR count). The number of fused-ring (bicyclic) bond motifs is 1. The van der Waals surface area contributed by atoms with E-state index < -0.39 is 9.84 Å². The van der Waals surface area contributed by atoms with E-state index in [0.717, 1.165) is 10.2 Å². The van der Waals surface area contributed by atoms with E-state index >= 15 is 0 Å². The lowest BCUT2D eigenvalue weighted by molar-refractivity contribution is 0.0982. The molecule has 0 radical (unpaired) electrons. The first-order valence-electron chi connectivity index (χ1n) is 9.07. The highest BCUT2D eigenvalue weighted by molar-refractivity contribution is 7.91. The standard InChI is InChI=1S/C20H22ClN3O3S2.ClH/c1-4-29(26,27)18-8-6-5-7-15(18)19(25)24(12-11-23(2)3)20-22-16-10-9-14(21)13-17(16)28-20;/h5-10,13H,4,11-12H2,1-3H3;1H. The first-order chi connectivity index (χ1) is 13.7. The molecule has 0 aliphatic rings. The topological polar surface area (TPSA) is 70.6 Å². The number of aromatic nitrogens is 1. The van der Waals surface area contributed by atoms with E-state index in [1.165, 1.54) is 17.4 Å². The quantitative estimate of drug-likeness (QED) is 0.494. The summed E-state index contributed by atoms with van der Waals surface area (Å²) in [6, 6.07) is 11.7. The van der Waals surface area contributed by atoms with Gasteiger partial charge in [-0.1, -0.05) is 42.0 Å². The van der Waals surface area contributed by atoms with Crippen LogP contribution in [0.4, 0.5) is 5.13 Å². The maximum atomic E-state index is 13.5. The van der Waals surface area contributed by atoms with Gasteiger partial charge >= 0.3 is 0 Å². The van der Waals surface area contributed by atoms with Crippen LogP contribution in [0, 0.1) is 0 Å². The van der Waals surface area contributed by atoms with Crippen LogP contribution in [-0.4, -0.2) is 57.1 Å². The highest BCUT2D eigenvalue weighted by Crippen LogP contribution is 2.32. The van der Waals surface area contributed by atoms with Crippen LogP contribution in [0.25, 0.3) is 10.2 Å². The van der Waals surface area contributed by atoms with Crippen LogP contribution in [0.1, 0.15) is 17.3 Å². The van der Waals surface area contributed by atoms with Gasteiger partial charge in [0.2, 0.25) is 0 Å². The fourth-order valence-corrected chi connectivity index (χ4v) is 5.15. The second-order valence-electron chi connectivity index (χ2n) is 6.77. The van der Waals surface area contributed by atoms with Crippen LogP contribution in [0.15, 0.2) is 47.4 Å². The lowest BCUT2D eigenvalue weighted by Crippen LogP contribution is -2.37. The number of amides is 1. The van der Waals surface area contributed by atoms with Crippen LogP contribution in [0.3, 0.4) is 0 Å². The number of hydrogen-bond acceptors (Lipinski definition) is 6. The minimum absolute atomic E-state index is 0. The number of nitrogens with zero attached hydrogens (tertiary/aromatic N) is 3. The number of anilines is 1. The van der Waals surface area contributed by atoms with Gasteiger partial charge in [-0.25, -0.2) is 13.4 Å². The third kappa shape index (κ3) is 5.31. The fraction of sp³-hybridized carbons (Fsp3) is 0.300. The van der Waals surface area contributed by atoms with E-state index in [4.69, 9.17) is 11.6 Å². The maximum Gasteiger partial charge on any atom is 0.261 e. The Hall–Kier alpha value is -1.71. The van der Waals surface area contributed by atoms with Crippen molar-refractivity contribution >= 4 is 66.4 Å². The average molecular weight is 488 g/mol. The number of hydrogen-bond donors (Lipinski definition) is 0. The van der Waals surface area contributed by atoms with Gasteiger partial charge in [0.15, 0.2) is 15.0 Å². The first-order valence-corrected chi connectivity index (χ1v) is 11.9. The Balaban J connectivity index is 0.00000320. The summed E-state index contributed by atoms with van der Waals surface area (Å²) in [5.74, 6) is -0.459. The van der Waals surface area contributed by atoms with Gasteiger partial charge in [0.05, 0.1) is 26.4 Å². The van der Waals surface area contributed by atoms with Crippen molar-refractivity contribution in [2.75, 3.05) is 37.8 Å². The maximum absolute atomic E-state index is 13.5. The van der Waals surface area contributed by atoms with Crippen molar-refractivity contribution < 1.29 is 13.2 Å². The Morgan fingerprint density at radius 3 is 2.50 bits per heavy atom. The lowest BCUT2D eigenvalue weighted by Gasteiger charge is -2.23. The molecule has 0 bridgehead atoms. The van der Waals surface area contributed by atoms with Gasteiger partial charge < -0.3 is 4.90 Å². The minimum Gasteiger partial charge on any atom is -0.308 e. The Kier molecular flexibility index (Phi) is 8.24. The van der Waals surface area contributed by atoms with Gasteiger partial charge in [-0.15, -0.1) is 12.4 Å². The van der Waals surface area contributed by atoms with Crippen LogP contribution < -0.4 is 4.90 Å². The van der Waals surface area contributed by atoms with Crippen molar-refractivity contribution in [1.29, 1.82) is 0 Å². The molecule has 3 aromatic rings. The second kappa shape index (κ2) is 10.1. The van der Waals surface area contributed by atoms with Crippen molar-refractivity contribution in [2.24, 2.45) is 0 Å². The molecule has 162 valence electrons. The van der Waals surface area contributed by atoms with E-state index in [1.807, 2.05) is 31.1 Å². The predicted molar refractivity (Wildman–Crippen MR) is 126 cm³/mol. The van der Waals surface area contributed by atoms with Gasteiger partial charge in [-0.2, -0.15) is 0 Å². The van der Waals surface area contributed by atoms with Crippen LogP contribution in [0.2, 0.25) is 5.02 Å². The second-order valence-corrected chi connectivity index (χ2v) is 10.5. The van der Waals surface area contributed by atoms with E-state index in [0.29, 0.717) is 23.2 Å². The van der Waals surface area contributed by atoms with E-state index in [1.54, 1.807) is 36.1 Å². The zero-order valence-electron chi connectivity index (χ0n) is 16.8.